The average Bonchev–Trinajstić information content (AvgIpc) is 3.44. The molecule has 0 saturated carbocycles. The number of fused-ring (bicyclic) bond motifs is 2. The molecule has 2 N–H and O–H groups in total. The molecule has 1 aliphatic rings. The Bertz CT molecular complexity index is 1450. The standard InChI is InChI=1S/C28H28N2O5S/c1-28(2,3)36(34)30-16-20-14-21(27(32)33)29-26(25(20)22(30)11-12-31)19-9-6-8-17(13-19)24-15-18-7-4-5-10-23(18)35-24/h4-10,13-15,22,31H,11-12,16H2,1-3H3,(H,32,33)/t22-,36-/m1/s1. The summed E-state index contributed by atoms with van der Waals surface area (Å²) in [5, 5.41) is 20.6. The SMILES string of the molecule is CC(C)(C)[S@@](=O)N1Cc2cc(C(=O)O)nc(-c3cccc(-c4cc5ccccc5o4)c3)c2[C@H]1CCO. The summed E-state index contributed by atoms with van der Waals surface area (Å²) in [5.74, 6) is -0.423. The van der Waals surface area contributed by atoms with Gasteiger partial charge < -0.3 is 14.6 Å². The number of carboxylic acids is 1. The van der Waals surface area contributed by atoms with Crippen LogP contribution in [0.25, 0.3) is 33.6 Å². The Morgan fingerprint density at radius 1 is 1.11 bits per heavy atom. The Morgan fingerprint density at radius 3 is 2.56 bits per heavy atom. The van der Waals surface area contributed by atoms with Gasteiger partial charge in [0.1, 0.15) is 28.0 Å². The van der Waals surface area contributed by atoms with Crippen LogP contribution in [0.4, 0.5) is 0 Å². The number of aromatic carboxylic acids is 1. The predicted molar refractivity (Wildman–Crippen MR) is 140 cm³/mol. The molecule has 0 unspecified atom stereocenters. The molecule has 0 radical (unpaired) electrons. The van der Waals surface area contributed by atoms with Crippen LogP contribution in [-0.4, -0.2) is 41.0 Å². The van der Waals surface area contributed by atoms with E-state index in [1.807, 2.05) is 79.7 Å². The topological polar surface area (TPSA) is 104 Å². The summed E-state index contributed by atoms with van der Waals surface area (Å²) in [6.07, 6.45) is 0.360. The van der Waals surface area contributed by atoms with Crippen molar-refractivity contribution in [3.8, 4) is 22.6 Å². The molecule has 0 amide bonds. The van der Waals surface area contributed by atoms with Gasteiger partial charge in [-0.25, -0.2) is 18.3 Å². The van der Waals surface area contributed by atoms with Gasteiger partial charge in [-0.3, -0.25) is 0 Å². The third kappa shape index (κ3) is 4.36. The fourth-order valence-electron chi connectivity index (χ4n) is 4.74. The molecule has 0 bridgehead atoms. The summed E-state index contributed by atoms with van der Waals surface area (Å²) >= 11 is 0. The fourth-order valence-corrected chi connectivity index (χ4v) is 6.14. The molecular weight excluding hydrogens is 476 g/mol. The van der Waals surface area contributed by atoms with Crippen LogP contribution < -0.4 is 0 Å². The number of hydrogen-bond acceptors (Lipinski definition) is 5. The number of para-hydroxylation sites is 1. The molecular formula is C28H28N2O5S. The van der Waals surface area contributed by atoms with Crippen molar-refractivity contribution in [3.63, 3.8) is 0 Å². The van der Waals surface area contributed by atoms with Crippen molar-refractivity contribution in [3.05, 3.63) is 77.5 Å². The lowest BCUT2D eigenvalue weighted by Crippen LogP contribution is -2.36. The van der Waals surface area contributed by atoms with Gasteiger partial charge >= 0.3 is 5.97 Å². The second kappa shape index (κ2) is 9.28. The van der Waals surface area contributed by atoms with Crippen LogP contribution in [0.5, 0.6) is 0 Å². The summed E-state index contributed by atoms with van der Waals surface area (Å²) in [7, 11) is -1.36. The highest BCUT2D eigenvalue weighted by molar-refractivity contribution is 7.84. The molecule has 4 aromatic rings. The fraction of sp³-hybridized carbons (Fsp3) is 0.286. The summed E-state index contributed by atoms with van der Waals surface area (Å²) < 4.78 is 20.8. The highest BCUT2D eigenvalue weighted by Crippen LogP contribution is 2.44. The first-order chi connectivity index (χ1) is 17.2. The van der Waals surface area contributed by atoms with E-state index in [1.54, 1.807) is 6.07 Å². The largest absolute Gasteiger partial charge is 0.477 e. The minimum Gasteiger partial charge on any atom is -0.477 e. The number of rotatable bonds is 6. The maximum Gasteiger partial charge on any atom is 0.354 e. The minimum absolute atomic E-state index is 0.0657. The van der Waals surface area contributed by atoms with E-state index in [9.17, 15) is 19.2 Å². The van der Waals surface area contributed by atoms with Crippen LogP contribution in [-0.2, 0) is 17.5 Å². The number of nitrogens with zero attached hydrogens (tertiary/aromatic N) is 2. The predicted octanol–water partition coefficient (Wildman–Crippen LogP) is 5.56. The third-order valence-electron chi connectivity index (χ3n) is 6.36. The number of aliphatic hydroxyl groups excluding tert-OH is 1. The first-order valence-electron chi connectivity index (χ1n) is 11.8. The van der Waals surface area contributed by atoms with Crippen molar-refractivity contribution in [1.29, 1.82) is 0 Å². The number of furan rings is 1. The van der Waals surface area contributed by atoms with Gasteiger partial charge in [-0.05, 0) is 57.0 Å². The molecule has 0 saturated heterocycles. The molecule has 36 heavy (non-hydrogen) atoms. The summed E-state index contributed by atoms with van der Waals surface area (Å²) in [6.45, 7) is 5.94. The lowest BCUT2D eigenvalue weighted by Gasteiger charge is -2.30. The molecule has 3 heterocycles. The first kappa shape index (κ1) is 24.4. The van der Waals surface area contributed by atoms with Gasteiger partial charge in [-0.15, -0.1) is 0 Å². The molecule has 186 valence electrons. The number of pyridine rings is 1. The zero-order valence-electron chi connectivity index (χ0n) is 20.4. The number of benzene rings is 2. The van der Waals surface area contributed by atoms with Crippen molar-refractivity contribution in [2.75, 3.05) is 6.61 Å². The molecule has 1 aliphatic heterocycles. The second-order valence-corrected chi connectivity index (χ2v) is 12.1. The van der Waals surface area contributed by atoms with Crippen molar-refractivity contribution in [2.45, 2.75) is 44.5 Å². The van der Waals surface area contributed by atoms with E-state index >= 15 is 0 Å². The van der Waals surface area contributed by atoms with Crippen LogP contribution in [0.1, 0.15) is 54.8 Å². The molecule has 8 heteroatoms. The Balaban J connectivity index is 1.66. The Kier molecular flexibility index (Phi) is 6.28. The van der Waals surface area contributed by atoms with E-state index in [4.69, 9.17) is 4.42 Å². The molecule has 0 aliphatic carbocycles. The van der Waals surface area contributed by atoms with E-state index in [-0.39, 0.29) is 18.3 Å². The maximum absolute atomic E-state index is 13.4. The van der Waals surface area contributed by atoms with Gasteiger partial charge in [0, 0.05) is 35.2 Å². The maximum atomic E-state index is 13.4. The van der Waals surface area contributed by atoms with Gasteiger partial charge in [-0.1, -0.05) is 36.4 Å². The van der Waals surface area contributed by atoms with Crippen LogP contribution >= 0.6 is 0 Å². The molecule has 2 aromatic carbocycles. The van der Waals surface area contributed by atoms with Gasteiger partial charge in [0.2, 0.25) is 0 Å². The average molecular weight is 505 g/mol. The van der Waals surface area contributed by atoms with Crippen LogP contribution in [0, 0.1) is 0 Å². The molecule has 7 nitrogen and oxygen atoms in total. The van der Waals surface area contributed by atoms with Gasteiger partial charge in [0.05, 0.1) is 16.5 Å². The van der Waals surface area contributed by atoms with Gasteiger partial charge in [0.25, 0.3) is 0 Å². The van der Waals surface area contributed by atoms with Crippen LogP contribution in [0.3, 0.4) is 0 Å². The lowest BCUT2D eigenvalue weighted by atomic mass is 9.95. The summed E-state index contributed by atoms with van der Waals surface area (Å²) in [4.78, 5) is 16.5. The zero-order valence-corrected chi connectivity index (χ0v) is 21.2. The highest BCUT2D eigenvalue weighted by atomic mass is 32.2. The normalized spacial score (nSPS) is 16.8. The van der Waals surface area contributed by atoms with Crippen molar-refractivity contribution in [1.82, 2.24) is 9.29 Å². The number of aliphatic hydroxyl groups is 1. The highest BCUT2D eigenvalue weighted by Gasteiger charge is 2.40. The summed E-state index contributed by atoms with van der Waals surface area (Å²) in [5.41, 5.74) is 4.40. The number of carboxylic acid groups (broad SMARTS) is 1. The lowest BCUT2D eigenvalue weighted by molar-refractivity contribution is 0.0690. The monoisotopic (exact) mass is 504 g/mol. The minimum atomic E-state index is -1.36. The Morgan fingerprint density at radius 2 is 1.86 bits per heavy atom. The smallest absolute Gasteiger partial charge is 0.354 e. The zero-order chi connectivity index (χ0) is 25.6. The first-order valence-corrected chi connectivity index (χ1v) is 12.9. The van der Waals surface area contributed by atoms with Gasteiger partial charge in [-0.2, -0.15) is 0 Å². The number of carbonyl (C=O) groups is 1. The number of aromatic nitrogens is 1. The molecule has 0 spiro atoms. The van der Waals surface area contributed by atoms with E-state index in [0.717, 1.165) is 33.2 Å². The number of hydrogen-bond donors (Lipinski definition) is 2. The molecule has 5 rings (SSSR count). The molecule has 0 fully saturated rings. The van der Waals surface area contributed by atoms with E-state index in [0.29, 0.717) is 24.4 Å². The Labute approximate surface area is 212 Å². The third-order valence-corrected chi connectivity index (χ3v) is 8.21. The van der Waals surface area contributed by atoms with Crippen molar-refractivity contribution >= 4 is 27.9 Å². The van der Waals surface area contributed by atoms with Crippen LogP contribution in [0.15, 0.2) is 65.1 Å². The molecule has 2 atom stereocenters. The van der Waals surface area contributed by atoms with Crippen molar-refractivity contribution in [2.24, 2.45) is 0 Å². The molecule has 2 aromatic heterocycles. The van der Waals surface area contributed by atoms with E-state index in [2.05, 4.69) is 4.98 Å². The van der Waals surface area contributed by atoms with E-state index in [1.165, 1.54) is 0 Å². The van der Waals surface area contributed by atoms with Crippen LogP contribution in [0.2, 0.25) is 0 Å². The second-order valence-electron chi connectivity index (χ2n) is 9.93. The quantitative estimate of drug-likeness (QED) is 0.356. The Hall–Kier alpha value is -3.33. The van der Waals surface area contributed by atoms with E-state index < -0.39 is 21.7 Å². The van der Waals surface area contributed by atoms with Crippen molar-refractivity contribution < 1.29 is 23.6 Å². The summed E-state index contributed by atoms with van der Waals surface area (Å²) in [6, 6.07) is 18.6. The van der Waals surface area contributed by atoms with Gasteiger partial charge in [0.15, 0.2) is 0 Å².